The number of aliphatic hydroxyl groups is 1. The summed E-state index contributed by atoms with van der Waals surface area (Å²) in [4.78, 5) is 7.93. The minimum absolute atomic E-state index is 0.402. The molecule has 21 heavy (non-hydrogen) atoms. The lowest BCUT2D eigenvalue weighted by molar-refractivity contribution is 0.0872. The number of β-amino-alcohol motifs (C(OH)–C–C–N with tert-alkyl or cyclic N) is 1. The van der Waals surface area contributed by atoms with Crippen molar-refractivity contribution in [3.05, 3.63) is 58.4 Å². The van der Waals surface area contributed by atoms with Crippen LogP contribution in [-0.2, 0) is 13.1 Å². The van der Waals surface area contributed by atoms with Gasteiger partial charge >= 0.3 is 0 Å². The van der Waals surface area contributed by atoms with E-state index in [1.165, 1.54) is 11.3 Å². The molecule has 0 amide bonds. The number of hydrogen-bond donors (Lipinski definition) is 1. The van der Waals surface area contributed by atoms with Gasteiger partial charge in [0.25, 0.3) is 0 Å². The molecule has 0 saturated heterocycles. The number of aliphatic hydroxyl groups excluding tert-OH is 1. The van der Waals surface area contributed by atoms with Gasteiger partial charge < -0.3 is 5.11 Å². The van der Waals surface area contributed by atoms with Gasteiger partial charge in [0.1, 0.15) is 0 Å². The SMILES string of the molecule is Cc1nc2sccn2c1CN1Cc2ccccc2[C@@H](O)C1. The third-order valence-corrected chi connectivity index (χ3v) is 4.93. The molecule has 0 radical (unpaired) electrons. The number of hydrogen-bond acceptors (Lipinski definition) is 4. The summed E-state index contributed by atoms with van der Waals surface area (Å²) >= 11 is 1.66. The Hall–Kier alpha value is -1.69. The molecular weight excluding hydrogens is 282 g/mol. The van der Waals surface area contributed by atoms with Crippen LogP contribution in [0.3, 0.4) is 0 Å². The second-order valence-corrected chi connectivity index (χ2v) is 6.46. The van der Waals surface area contributed by atoms with Crippen LogP contribution in [0.25, 0.3) is 4.96 Å². The minimum atomic E-state index is -0.402. The van der Waals surface area contributed by atoms with E-state index in [2.05, 4.69) is 38.9 Å². The first-order valence-corrected chi connectivity index (χ1v) is 7.99. The predicted molar refractivity (Wildman–Crippen MR) is 83.3 cm³/mol. The average Bonchev–Trinajstić information content (AvgIpc) is 3.02. The molecule has 3 heterocycles. The highest BCUT2D eigenvalue weighted by Crippen LogP contribution is 2.28. The number of aromatic nitrogens is 2. The lowest BCUT2D eigenvalue weighted by atomic mass is 9.97. The summed E-state index contributed by atoms with van der Waals surface area (Å²) < 4.78 is 2.16. The van der Waals surface area contributed by atoms with E-state index in [-0.39, 0.29) is 0 Å². The van der Waals surface area contributed by atoms with E-state index in [1.54, 1.807) is 11.3 Å². The van der Waals surface area contributed by atoms with Gasteiger partial charge in [0.05, 0.1) is 17.5 Å². The maximum atomic E-state index is 10.3. The number of fused-ring (bicyclic) bond motifs is 2. The topological polar surface area (TPSA) is 40.8 Å². The molecule has 4 rings (SSSR count). The van der Waals surface area contributed by atoms with Crippen LogP contribution in [0.4, 0.5) is 0 Å². The van der Waals surface area contributed by atoms with Crippen molar-refractivity contribution in [1.82, 2.24) is 14.3 Å². The first-order chi connectivity index (χ1) is 10.2. The molecule has 3 aromatic rings. The van der Waals surface area contributed by atoms with Gasteiger partial charge in [-0.2, -0.15) is 0 Å². The van der Waals surface area contributed by atoms with Crippen LogP contribution in [0.15, 0.2) is 35.8 Å². The van der Waals surface area contributed by atoms with E-state index in [0.29, 0.717) is 6.54 Å². The maximum absolute atomic E-state index is 10.3. The summed E-state index contributed by atoms with van der Waals surface area (Å²) in [5, 5.41) is 12.4. The summed E-state index contributed by atoms with van der Waals surface area (Å²) in [6.07, 6.45) is 1.67. The van der Waals surface area contributed by atoms with Crippen molar-refractivity contribution in [1.29, 1.82) is 0 Å². The van der Waals surface area contributed by atoms with Crippen molar-refractivity contribution < 1.29 is 5.11 Å². The smallest absolute Gasteiger partial charge is 0.194 e. The molecule has 0 saturated carbocycles. The summed E-state index contributed by atoms with van der Waals surface area (Å²) in [5.74, 6) is 0. The second-order valence-electron chi connectivity index (χ2n) is 5.58. The van der Waals surface area contributed by atoms with Crippen molar-refractivity contribution >= 4 is 16.3 Å². The molecule has 0 unspecified atom stereocenters. The number of benzene rings is 1. The zero-order valence-corrected chi connectivity index (χ0v) is 12.7. The first-order valence-electron chi connectivity index (χ1n) is 7.11. The van der Waals surface area contributed by atoms with E-state index >= 15 is 0 Å². The Kier molecular flexibility index (Phi) is 3.06. The van der Waals surface area contributed by atoms with E-state index in [9.17, 15) is 5.11 Å². The second kappa shape index (κ2) is 4.94. The van der Waals surface area contributed by atoms with E-state index in [1.807, 2.05) is 18.2 Å². The van der Waals surface area contributed by atoms with Gasteiger partial charge in [0, 0.05) is 31.2 Å². The number of rotatable bonds is 2. The van der Waals surface area contributed by atoms with Crippen molar-refractivity contribution in [2.75, 3.05) is 6.54 Å². The fourth-order valence-electron chi connectivity index (χ4n) is 3.12. The summed E-state index contributed by atoms with van der Waals surface area (Å²) in [6, 6.07) is 8.16. The molecule has 0 bridgehead atoms. The van der Waals surface area contributed by atoms with Gasteiger partial charge in [-0.25, -0.2) is 4.98 Å². The Morgan fingerprint density at radius 1 is 1.38 bits per heavy atom. The monoisotopic (exact) mass is 299 g/mol. The Bertz CT molecular complexity index is 792. The van der Waals surface area contributed by atoms with Crippen LogP contribution in [-0.4, -0.2) is 25.9 Å². The number of aryl methyl sites for hydroxylation is 1. The van der Waals surface area contributed by atoms with Gasteiger partial charge in [0.15, 0.2) is 4.96 Å². The molecule has 1 aromatic carbocycles. The quantitative estimate of drug-likeness (QED) is 0.791. The third kappa shape index (κ3) is 2.18. The highest BCUT2D eigenvalue weighted by molar-refractivity contribution is 7.15. The largest absolute Gasteiger partial charge is 0.387 e. The Morgan fingerprint density at radius 2 is 2.24 bits per heavy atom. The Labute approximate surface area is 127 Å². The van der Waals surface area contributed by atoms with Crippen LogP contribution in [0.1, 0.15) is 28.6 Å². The molecule has 1 N–H and O–H groups in total. The van der Waals surface area contributed by atoms with E-state index in [4.69, 9.17) is 0 Å². The lowest BCUT2D eigenvalue weighted by Crippen LogP contribution is -2.33. The molecule has 4 nitrogen and oxygen atoms in total. The number of thiazole rings is 1. The standard InChI is InChI=1S/C16H17N3OS/c1-11-14(19-6-7-21-16(19)17-11)9-18-8-12-4-2-3-5-13(12)15(20)10-18/h2-7,15,20H,8-10H2,1H3/t15-/m0/s1. The summed E-state index contributed by atoms with van der Waals surface area (Å²) in [6.45, 7) is 4.43. The molecule has 5 heteroatoms. The molecule has 0 spiro atoms. The predicted octanol–water partition coefficient (Wildman–Crippen LogP) is 2.75. The first kappa shape index (κ1) is 13.0. The van der Waals surface area contributed by atoms with Gasteiger partial charge in [0.2, 0.25) is 0 Å². The van der Waals surface area contributed by atoms with Crippen LogP contribution in [0, 0.1) is 6.92 Å². The molecule has 1 aliphatic heterocycles. The van der Waals surface area contributed by atoms with Crippen molar-refractivity contribution in [2.45, 2.75) is 26.1 Å². The molecular formula is C16H17N3OS. The summed E-state index contributed by atoms with van der Waals surface area (Å²) in [5.41, 5.74) is 4.59. The fraction of sp³-hybridized carbons (Fsp3) is 0.312. The molecule has 108 valence electrons. The third-order valence-electron chi connectivity index (χ3n) is 4.17. The molecule has 2 aromatic heterocycles. The minimum Gasteiger partial charge on any atom is -0.387 e. The normalized spacial score (nSPS) is 19.0. The lowest BCUT2D eigenvalue weighted by Gasteiger charge is -2.32. The maximum Gasteiger partial charge on any atom is 0.194 e. The van der Waals surface area contributed by atoms with Gasteiger partial charge in [-0.05, 0) is 18.1 Å². The van der Waals surface area contributed by atoms with E-state index < -0.39 is 6.10 Å². The van der Waals surface area contributed by atoms with E-state index in [0.717, 1.165) is 29.3 Å². The van der Waals surface area contributed by atoms with Crippen molar-refractivity contribution in [2.24, 2.45) is 0 Å². The van der Waals surface area contributed by atoms with Gasteiger partial charge in [-0.3, -0.25) is 9.30 Å². The van der Waals surface area contributed by atoms with Crippen LogP contribution >= 0.6 is 11.3 Å². The van der Waals surface area contributed by atoms with Gasteiger partial charge in [-0.1, -0.05) is 24.3 Å². The highest BCUT2D eigenvalue weighted by atomic mass is 32.1. The average molecular weight is 299 g/mol. The number of imidazole rings is 1. The Balaban J connectivity index is 1.64. The molecule has 1 aliphatic rings. The van der Waals surface area contributed by atoms with Crippen LogP contribution < -0.4 is 0 Å². The van der Waals surface area contributed by atoms with Crippen LogP contribution in [0.2, 0.25) is 0 Å². The Morgan fingerprint density at radius 3 is 3.14 bits per heavy atom. The van der Waals surface area contributed by atoms with Crippen molar-refractivity contribution in [3.8, 4) is 0 Å². The molecule has 1 atom stereocenters. The van der Waals surface area contributed by atoms with Crippen molar-refractivity contribution in [3.63, 3.8) is 0 Å². The van der Waals surface area contributed by atoms with Crippen LogP contribution in [0.5, 0.6) is 0 Å². The zero-order valence-electron chi connectivity index (χ0n) is 11.9. The molecule has 0 fully saturated rings. The van der Waals surface area contributed by atoms with Gasteiger partial charge in [-0.15, -0.1) is 11.3 Å². The molecule has 0 aliphatic carbocycles. The zero-order chi connectivity index (χ0) is 14.4. The summed E-state index contributed by atoms with van der Waals surface area (Å²) in [7, 11) is 0. The number of nitrogens with zero attached hydrogens (tertiary/aromatic N) is 3. The fourth-order valence-corrected chi connectivity index (χ4v) is 3.89. The highest BCUT2D eigenvalue weighted by Gasteiger charge is 2.24.